The Morgan fingerprint density at radius 2 is 2.08 bits per heavy atom. The van der Waals surface area contributed by atoms with E-state index >= 15 is 0 Å². The van der Waals surface area contributed by atoms with Crippen molar-refractivity contribution in [2.45, 2.75) is 43.6 Å². The third kappa shape index (κ3) is 0.854. The Morgan fingerprint density at radius 1 is 1.38 bits per heavy atom. The fraction of sp³-hybridized carbons (Fsp3) is 0.700. The molecule has 2 N–H and O–H groups in total. The molecule has 0 atom stereocenters. The van der Waals surface area contributed by atoms with Crippen LogP contribution in [0.3, 0.4) is 0 Å². The molecule has 3 rings (SSSR count). The molecule has 0 radical (unpaired) electrons. The molecule has 70 valence electrons. The van der Waals surface area contributed by atoms with Gasteiger partial charge in [0, 0.05) is 17.0 Å². The van der Waals surface area contributed by atoms with Crippen molar-refractivity contribution >= 4 is 0 Å². The number of nitrogens with zero attached hydrogens (tertiary/aromatic N) is 1. The van der Waals surface area contributed by atoms with E-state index in [4.69, 9.17) is 10.3 Å². The van der Waals surface area contributed by atoms with Crippen LogP contribution in [-0.2, 0) is 5.41 Å². The van der Waals surface area contributed by atoms with Crippen LogP contribution in [0.5, 0.6) is 0 Å². The smallest absolute Gasteiger partial charge is 0.133 e. The maximum atomic E-state index is 6.25. The van der Waals surface area contributed by atoms with Crippen LogP contribution in [0.25, 0.3) is 0 Å². The number of hydrogen-bond acceptors (Lipinski definition) is 3. The molecule has 1 heterocycles. The summed E-state index contributed by atoms with van der Waals surface area (Å²) in [6.07, 6.45) is 4.68. The van der Waals surface area contributed by atoms with E-state index in [-0.39, 0.29) is 11.0 Å². The highest BCUT2D eigenvalue weighted by atomic mass is 16.5. The van der Waals surface area contributed by atoms with Gasteiger partial charge in [-0.3, -0.25) is 0 Å². The monoisotopic (exact) mass is 178 g/mol. The molecule has 13 heavy (non-hydrogen) atoms. The topological polar surface area (TPSA) is 52.0 Å². The van der Waals surface area contributed by atoms with Gasteiger partial charge in [0.2, 0.25) is 0 Å². The number of aromatic nitrogens is 1. The lowest BCUT2D eigenvalue weighted by atomic mass is 9.90. The predicted octanol–water partition coefficient (Wildman–Crippen LogP) is 1.51. The minimum atomic E-state index is 0.0519. The highest BCUT2D eigenvalue weighted by Crippen LogP contribution is 2.63. The van der Waals surface area contributed by atoms with Crippen molar-refractivity contribution in [3.63, 3.8) is 0 Å². The third-order valence-corrected chi connectivity index (χ3v) is 3.61. The van der Waals surface area contributed by atoms with E-state index in [0.29, 0.717) is 0 Å². The summed E-state index contributed by atoms with van der Waals surface area (Å²) >= 11 is 0. The van der Waals surface area contributed by atoms with Crippen LogP contribution in [0.2, 0.25) is 0 Å². The van der Waals surface area contributed by atoms with Crippen molar-refractivity contribution in [2.24, 2.45) is 5.73 Å². The van der Waals surface area contributed by atoms with E-state index in [1.807, 2.05) is 13.0 Å². The third-order valence-electron chi connectivity index (χ3n) is 3.61. The molecule has 1 aromatic rings. The maximum Gasteiger partial charge on any atom is 0.133 e. The normalized spacial score (nSPS) is 27.2. The zero-order valence-corrected chi connectivity index (χ0v) is 7.84. The Bertz CT molecular complexity index is 348. The standard InChI is InChI=1S/C10H14N2O/c1-7-6-8(12-13-7)9(2-3-9)10(11)4-5-10/h6H,2-5,11H2,1H3. The van der Waals surface area contributed by atoms with Gasteiger partial charge in [0.25, 0.3) is 0 Å². The maximum absolute atomic E-state index is 6.25. The Hall–Kier alpha value is -0.830. The van der Waals surface area contributed by atoms with E-state index in [0.717, 1.165) is 24.3 Å². The van der Waals surface area contributed by atoms with Gasteiger partial charge in [0.05, 0.1) is 5.69 Å². The Kier molecular flexibility index (Phi) is 1.15. The summed E-state index contributed by atoms with van der Waals surface area (Å²) in [6, 6.07) is 2.04. The van der Waals surface area contributed by atoms with Gasteiger partial charge in [-0.15, -0.1) is 0 Å². The molecule has 3 heteroatoms. The fourth-order valence-electron chi connectivity index (χ4n) is 2.34. The molecule has 0 bridgehead atoms. The molecule has 2 saturated carbocycles. The molecule has 2 fully saturated rings. The second-order valence-electron chi connectivity index (χ2n) is 4.56. The number of hydrogen-bond donors (Lipinski definition) is 1. The van der Waals surface area contributed by atoms with Crippen LogP contribution in [0.1, 0.15) is 37.1 Å². The molecule has 2 aliphatic carbocycles. The largest absolute Gasteiger partial charge is 0.361 e. The Labute approximate surface area is 77.3 Å². The van der Waals surface area contributed by atoms with E-state index in [1.165, 1.54) is 12.8 Å². The summed E-state index contributed by atoms with van der Waals surface area (Å²) in [6.45, 7) is 1.93. The first-order valence-corrected chi connectivity index (χ1v) is 4.89. The van der Waals surface area contributed by atoms with Crippen LogP contribution in [0.4, 0.5) is 0 Å². The fourth-order valence-corrected chi connectivity index (χ4v) is 2.34. The van der Waals surface area contributed by atoms with E-state index in [9.17, 15) is 0 Å². The van der Waals surface area contributed by atoms with Crippen LogP contribution in [0.15, 0.2) is 10.6 Å². The van der Waals surface area contributed by atoms with Gasteiger partial charge in [-0.25, -0.2) is 0 Å². The van der Waals surface area contributed by atoms with E-state index < -0.39 is 0 Å². The first-order chi connectivity index (χ1) is 6.16. The van der Waals surface area contributed by atoms with Crippen molar-refractivity contribution < 1.29 is 4.52 Å². The molecule has 0 aromatic carbocycles. The summed E-state index contributed by atoms with van der Waals surface area (Å²) in [5.74, 6) is 0.894. The number of nitrogens with two attached hydrogens (primary N) is 1. The number of rotatable bonds is 2. The summed E-state index contributed by atoms with van der Waals surface area (Å²) in [5.41, 5.74) is 7.57. The van der Waals surface area contributed by atoms with Gasteiger partial charge in [-0.1, -0.05) is 5.16 Å². The zero-order valence-electron chi connectivity index (χ0n) is 7.84. The second kappa shape index (κ2) is 1.98. The molecule has 3 nitrogen and oxygen atoms in total. The SMILES string of the molecule is Cc1cc(C2(C3(N)CC3)CC2)no1. The molecule has 0 saturated heterocycles. The van der Waals surface area contributed by atoms with Gasteiger partial charge >= 0.3 is 0 Å². The van der Waals surface area contributed by atoms with Crippen molar-refractivity contribution in [3.05, 3.63) is 17.5 Å². The molecule has 0 amide bonds. The predicted molar refractivity (Wildman–Crippen MR) is 48.3 cm³/mol. The van der Waals surface area contributed by atoms with Crippen LogP contribution >= 0.6 is 0 Å². The molecule has 0 spiro atoms. The quantitative estimate of drug-likeness (QED) is 0.746. The summed E-state index contributed by atoms with van der Waals surface area (Å²) < 4.78 is 5.11. The summed E-state index contributed by atoms with van der Waals surface area (Å²) in [4.78, 5) is 0. The number of aryl methyl sites for hydroxylation is 1. The molecular formula is C10H14N2O. The Morgan fingerprint density at radius 3 is 2.46 bits per heavy atom. The molecule has 0 unspecified atom stereocenters. The average Bonchev–Trinajstić information content (AvgIpc) is 2.97. The van der Waals surface area contributed by atoms with Gasteiger partial charge in [0.1, 0.15) is 5.76 Å². The lowest BCUT2D eigenvalue weighted by Crippen LogP contribution is -2.37. The Balaban J connectivity index is 2.00. The molecule has 0 aliphatic heterocycles. The lowest BCUT2D eigenvalue weighted by Gasteiger charge is -2.19. The first kappa shape index (κ1) is 7.56. The highest BCUT2D eigenvalue weighted by molar-refractivity contribution is 5.36. The van der Waals surface area contributed by atoms with Gasteiger partial charge in [-0.2, -0.15) is 0 Å². The molecular weight excluding hydrogens is 164 g/mol. The highest BCUT2D eigenvalue weighted by Gasteiger charge is 2.65. The van der Waals surface area contributed by atoms with Crippen molar-refractivity contribution in [3.8, 4) is 0 Å². The minimum absolute atomic E-state index is 0.0519. The molecule has 2 aliphatic rings. The minimum Gasteiger partial charge on any atom is -0.361 e. The molecule has 1 aromatic heterocycles. The van der Waals surface area contributed by atoms with Gasteiger partial charge < -0.3 is 10.3 Å². The van der Waals surface area contributed by atoms with Gasteiger partial charge in [-0.05, 0) is 32.6 Å². The van der Waals surface area contributed by atoms with Crippen LogP contribution in [-0.4, -0.2) is 10.7 Å². The van der Waals surface area contributed by atoms with Crippen LogP contribution in [0, 0.1) is 6.92 Å². The van der Waals surface area contributed by atoms with Crippen molar-refractivity contribution in [1.29, 1.82) is 0 Å². The summed E-state index contributed by atoms with van der Waals surface area (Å²) in [5, 5.41) is 4.10. The average molecular weight is 178 g/mol. The van der Waals surface area contributed by atoms with Gasteiger partial charge in [0.15, 0.2) is 0 Å². The summed E-state index contributed by atoms with van der Waals surface area (Å²) in [7, 11) is 0. The van der Waals surface area contributed by atoms with Crippen molar-refractivity contribution in [2.75, 3.05) is 0 Å². The van der Waals surface area contributed by atoms with Crippen molar-refractivity contribution in [1.82, 2.24) is 5.16 Å². The van der Waals surface area contributed by atoms with Crippen LogP contribution < -0.4 is 5.73 Å². The lowest BCUT2D eigenvalue weighted by molar-refractivity contribution is 0.371. The second-order valence-corrected chi connectivity index (χ2v) is 4.56. The zero-order chi connectivity index (χ0) is 9.10. The van der Waals surface area contributed by atoms with E-state index in [1.54, 1.807) is 0 Å². The van der Waals surface area contributed by atoms with E-state index in [2.05, 4.69) is 5.16 Å². The first-order valence-electron chi connectivity index (χ1n) is 4.89.